The van der Waals surface area contributed by atoms with Gasteiger partial charge in [0.1, 0.15) is 97.5 Å². The molecule has 4 saturated heterocycles. The minimum Gasteiger partial charge on any atom is -0.726 e. The van der Waals surface area contributed by atoms with Crippen LogP contribution in [0.2, 0.25) is 0 Å². The first kappa shape index (κ1) is 50.7. The Morgan fingerprint density at radius 3 is 1.39 bits per heavy atom. The van der Waals surface area contributed by atoms with Crippen LogP contribution in [0.1, 0.15) is 13.8 Å². The lowest BCUT2D eigenvalue weighted by atomic mass is 9.94. The van der Waals surface area contributed by atoms with Gasteiger partial charge in [-0.1, -0.05) is 0 Å². The second-order valence-electron chi connectivity index (χ2n) is 13.6. The molecule has 4 heterocycles. The van der Waals surface area contributed by atoms with Crippen LogP contribution in [0.5, 0.6) is 0 Å². The zero-order valence-electron chi connectivity index (χ0n) is 30.9. The predicted octanol–water partition coefficient (Wildman–Crippen LogP) is -13.0. The smallest absolute Gasteiger partial charge is 0.218 e. The van der Waals surface area contributed by atoms with E-state index in [1.165, 1.54) is 0 Å². The largest absolute Gasteiger partial charge is 0.726 e. The standard InChI is InChI=1S/C28H44N2O29S2/c1-5(33)29-9-18(16(58-60(45,46)47)7(3-31)51-25(9)44)53-28-15(39)13(37)20(22(57-28)24(42)43)55-26-10(30-6(2)34)19(17(8(4-32)52-26)59-61(48,49)50)54-27-14(38)11(35)12(36)21(56-27)23(40)41/h7-22,25-28,31-32,35-39,44H,3-4H2,1-2H3,(H,29,33)(H,30,34)(H,40,41)(H,42,43)(H,45,46,47)(H,48,49,50)/p-4/t7-,8-,9-,10-,11+,12+,13-,14-,15-,16+,17+,18-,19-,20+,21-,22-,25?,26+,27-,28-/m1/s1. The molecule has 0 aromatic heterocycles. The summed E-state index contributed by atoms with van der Waals surface area (Å²) in [6, 6.07) is -4.17. The van der Waals surface area contributed by atoms with Crippen LogP contribution in [-0.2, 0) is 81.5 Å². The highest BCUT2D eigenvalue weighted by Gasteiger charge is 2.57. The molecule has 33 heteroatoms. The molecule has 0 aromatic carbocycles. The molecule has 4 aliphatic heterocycles. The summed E-state index contributed by atoms with van der Waals surface area (Å²) in [6.45, 7) is -0.913. The maximum absolute atomic E-state index is 12.5. The number of aliphatic carboxylic acids is 2. The Kier molecular flexibility index (Phi) is 16.8. The normalized spacial score (nSPS) is 42.3. The molecule has 10 N–H and O–H groups in total. The van der Waals surface area contributed by atoms with Crippen molar-refractivity contribution in [3.05, 3.63) is 0 Å². The summed E-state index contributed by atoms with van der Waals surface area (Å²) in [4.78, 5) is 48.6. The fourth-order valence-corrected chi connectivity index (χ4v) is 7.76. The topological polar surface area (TPSA) is 498 Å². The SMILES string of the molecule is CC(=O)N[C@H]1[C@H](O[C@H]2[C@H](O)[C@@H](O)[C@H](O[C@H]3[C@@H](OS(=O)(=O)[O-])[C@@H](CO)OC(O)[C@@H]3NC(C)=O)O[C@H]2C(=O)[O-])O[C@H](CO)[C@H](OS(=O)(=O)[O-])[C@@H]1O[C@@H]1O[C@@H](C(=O)[O-])[C@@H](O)[C@H](O)[C@H]1O. The Bertz CT molecular complexity index is 1790. The molecule has 0 bridgehead atoms. The summed E-state index contributed by atoms with van der Waals surface area (Å²) in [5.74, 6) is -6.60. The molecule has 4 rings (SSSR count). The Hall–Kier alpha value is -2.98. The van der Waals surface area contributed by atoms with Crippen LogP contribution in [-0.4, -0.2) is 226 Å². The molecule has 20 atom stereocenters. The van der Waals surface area contributed by atoms with Gasteiger partial charge in [-0.2, -0.15) is 0 Å². The van der Waals surface area contributed by atoms with Gasteiger partial charge in [-0.3, -0.25) is 18.0 Å². The van der Waals surface area contributed by atoms with Crippen molar-refractivity contribution in [2.24, 2.45) is 0 Å². The van der Waals surface area contributed by atoms with Gasteiger partial charge < -0.3 is 114 Å². The van der Waals surface area contributed by atoms with Gasteiger partial charge in [0.15, 0.2) is 25.2 Å². The van der Waals surface area contributed by atoms with Gasteiger partial charge in [-0.05, 0) is 0 Å². The molecule has 0 radical (unpaired) electrons. The average Bonchev–Trinajstić information content (AvgIpc) is 3.13. The Labute approximate surface area is 342 Å². The van der Waals surface area contributed by atoms with E-state index in [2.05, 4.69) is 19.0 Å². The second kappa shape index (κ2) is 20.2. The van der Waals surface area contributed by atoms with Crippen molar-refractivity contribution < 1.29 is 138 Å². The summed E-state index contributed by atoms with van der Waals surface area (Å²) < 4.78 is 116. The van der Waals surface area contributed by atoms with Crippen LogP contribution in [0.4, 0.5) is 0 Å². The van der Waals surface area contributed by atoms with Crippen LogP contribution in [0.3, 0.4) is 0 Å². The Balaban J connectivity index is 1.73. The van der Waals surface area contributed by atoms with E-state index in [9.17, 15) is 96.2 Å². The molecule has 2 amide bonds. The molecule has 4 aliphatic rings. The molecule has 352 valence electrons. The number of aliphatic hydroxyl groups is 8. The van der Waals surface area contributed by atoms with Crippen molar-refractivity contribution in [2.45, 2.75) is 137 Å². The third-order valence-corrected chi connectivity index (χ3v) is 10.2. The Morgan fingerprint density at radius 2 is 0.951 bits per heavy atom. The summed E-state index contributed by atoms with van der Waals surface area (Å²) in [6.07, 6.45) is -43.2. The maximum atomic E-state index is 12.5. The number of aliphatic hydroxyl groups excluding tert-OH is 8. The predicted molar refractivity (Wildman–Crippen MR) is 170 cm³/mol. The Morgan fingerprint density at radius 1 is 0.541 bits per heavy atom. The molecule has 0 aliphatic carbocycles. The van der Waals surface area contributed by atoms with Crippen molar-refractivity contribution >= 4 is 44.6 Å². The molecule has 0 spiro atoms. The second-order valence-corrected chi connectivity index (χ2v) is 15.6. The van der Waals surface area contributed by atoms with Crippen LogP contribution < -0.4 is 20.8 Å². The number of hydrogen-bond acceptors (Lipinski definition) is 29. The first-order chi connectivity index (χ1) is 28.2. The third-order valence-electron chi connectivity index (χ3n) is 9.32. The van der Waals surface area contributed by atoms with Gasteiger partial charge in [0, 0.05) is 13.8 Å². The van der Waals surface area contributed by atoms with Crippen LogP contribution in [0.15, 0.2) is 0 Å². The number of rotatable bonds is 16. The van der Waals surface area contributed by atoms with E-state index in [-0.39, 0.29) is 0 Å². The van der Waals surface area contributed by atoms with E-state index in [1.54, 1.807) is 0 Å². The van der Waals surface area contributed by atoms with Crippen molar-refractivity contribution in [1.82, 2.24) is 10.6 Å². The maximum Gasteiger partial charge on any atom is 0.218 e. The van der Waals surface area contributed by atoms with E-state index < -0.39 is 180 Å². The number of carboxylic acid groups (broad SMARTS) is 2. The fourth-order valence-electron chi connectivity index (χ4n) is 6.75. The lowest BCUT2D eigenvalue weighted by molar-refractivity contribution is -0.385. The minimum absolute atomic E-state index is 0.788. The number of ether oxygens (including phenoxy) is 7. The van der Waals surface area contributed by atoms with E-state index >= 15 is 0 Å². The number of carbonyl (C=O) groups excluding carboxylic acids is 4. The van der Waals surface area contributed by atoms with Gasteiger partial charge in [-0.25, -0.2) is 16.8 Å². The third kappa shape index (κ3) is 12.2. The first-order valence-corrected chi connectivity index (χ1v) is 20.0. The van der Waals surface area contributed by atoms with E-state index in [0.29, 0.717) is 0 Å². The van der Waals surface area contributed by atoms with Crippen molar-refractivity contribution in [3.63, 3.8) is 0 Å². The number of amides is 2. The summed E-state index contributed by atoms with van der Waals surface area (Å²) >= 11 is 0. The summed E-state index contributed by atoms with van der Waals surface area (Å²) in [5, 5.41) is 112. The molecule has 61 heavy (non-hydrogen) atoms. The summed E-state index contributed by atoms with van der Waals surface area (Å²) in [7, 11) is -11.6. The highest BCUT2D eigenvalue weighted by Crippen LogP contribution is 2.36. The van der Waals surface area contributed by atoms with Crippen molar-refractivity contribution in [3.8, 4) is 0 Å². The number of carbonyl (C=O) groups is 4. The van der Waals surface area contributed by atoms with Crippen molar-refractivity contribution in [2.75, 3.05) is 13.2 Å². The van der Waals surface area contributed by atoms with Crippen molar-refractivity contribution in [1.29, 1.82) is 0 Å². The molecule has 0 aromatic rings. The highest BCUT2D eigenvalue weighted by molar-refractivity contribution is 7.81. The fraction of sp³-hybridized carbons (Fsp3) is 0.857. The number of carboxylic acids is 2. The van der Waals surface area contributed by atoms with Gasteiger partial charge in [0.25, 0.3) is 0 Å². The first-order valence-electron chi connectivity index (χ1n) is 17.3. The van der Waals surface area contributed by atoms with E-state index in [1.807, 2.05) is 0 Å². The van der Waals surface area contributed by atoms with Crippen LogP contribution in [0.25, 0.3) is 0 Å². The summed E-state index contributed by atoms with van der Waals surface area (Å²) in [5.41, 5.74) is 0. The van der Waals surface area contributed by atoms with Gasteiger partial charge >= 0.3 is 0 Å². The molecule has 1 unspecified atom stereocenters. The molecule has 0 saturated carbocycles. The number of nitrogens with one attached hydrogen (secondary N) is 2. The zero-order valence-corrected chi connectivity index (χ0v) is 32.6. The van der Waals surface area contributed by atoms with E-state index in [4.69, 9.17) is 33.2 Å². The minimum atomic E-state index is -5.87. The molecule has 4 fully saturated rings. The van der Waals surface area contributed by atoms with Gasteiger partial charge in [-0.15, -0.1) is 0 Å². The average molecular weight is 933 g/mol. The lowest BCUT2D eigenvalue weighted by Gasteiger charge is -2.51. The molecule has 31 nitrogen and oxygen atoms in total. The van der Waals surface area contributed by atoms with Gasteiger partial charge in [0.05, 0.1) is 25.2 Å². The van der Waals surface area contributed by atoms with Gasteiger partial charge in [0.2, 0.25) is 32.6 Å². The number of hydrogen-bond donors (Lipinski definition) is 10. The highest BCUT2D eigenvalue weighted by atomic mass is 32.3. The molecular weight excluding hydrogens is 892 g/mol. The monoisotopic (exact) mass is 932 g/mol. The zero-order chi connectivity index (χ0) is 46.0. The van der Waals surface area contributed by atoms with Crippen LogP contribution in [0, 0.1) is 0 Å². The lowest BCUT2D eigenvalue weighted by Crippen LogP contribution is -2.71. The van der Waals surface area contributed by atoms with Crippen LogP contribution >= 0.6 is 0 Å². The van der Waals surface area contributed by atoms with E-state index in [0.717, 1.165) is 13.8 Å². The quantitative estimate of drug-likeness (QED) is 0.0507. The molecular formula is C28H40N2O29S2-4.